The molecule has 0 fully saturated rings. The van der Waals surface area contributed by atoms with E-state index in [1.165, 1.54) is 11.0 Å². The minimum absolute atomic E-state index is 0.0941. The molecule has 1 atom stereocenters. The number of aromatic hydroxyl groups is 1. The van der Waals surface area contributed by atoms with Crippen molar-refractivity contribution in [2.24, 2.45) is 0 Å². The number of nitrogens with zero attached hydrogens (tertiary/aromatic N) is 1. The van der Waals surface area contributed by atoms with Crippen molar-refractivity contribution in [1.29, 1.82) is 0 Å². The van der Waals surface area contributed by atoms with Gasteiger partial charge in [0.15, 0.2) is 0 Å². The van der Waals surface area contributed by atoms with Crippen LogP contribution in [0.2, 0.25) is 0 Å². The maximum absolute atomic E-state index is 13.7. The molecule has 2 aromatic carbocycles. The van der Waals surface area contributed by atoms with E-state index in [0.29, 0.717) is 16.8 Å². The molecule has 0 radical (unpaired) electrons. The fraction of sp³-hybridized carbons (Fsp3) is 0.444. The summed E-state index contributed by atoms with van der Waals surface area (Å²) in [5, 5.41) is 15.5. The third-order valence-corrected chi connectivity index (χ3v) is 5.42. The Morgan fingerprint density at radius 1 is 1.00 bits per heavy atom. The average molecular weight is 484 g/mol. The monoisotopic (exact) mass is 483 g/mol. The summed E-state index contributed by atoms with van der Waals surface area (Å²) in [6, 6.07) is 9.16. The van der Waals surface area contributed by atoms with Crippen LogP contribution in [0.1, 0.15) is 62.9 Å². The summed E-state index contributed by atoms with van der Waals surface area (Å²) in [4.78, 5) is 40.6. The molecule has 190 valence electrons. The second-order valence-electron chi connectivity index (χ2n) is 9.95. The van der Waals surface area contributed by atoms with Crippen LogP contribution in [0.15, 0.2) is 36.4 Å². The third kappa shape index (κ3) is 7.47. The Hall–Kier alpha value is -3.55. The number of alkyl carbamates (subject to hydrolysis) is 1. The van der Waals surface area contributed by atoms with Crippen molar-refractivity contribution >= 4 is 23.6 Å². The number of hydrogen-bond acceptors (Lipinski definition) is 5. The summed E-state index contributed by atoms with van der Waals surface area (Å²) in [7, 11) is 0. The Bertz CT molecular complexity index is 1070. The number of phenols is 1. The van der Waals surface area contributed by atoms with E-state index in [1.807, 2.05) is 32.0 Å². The highest BCUT2D eigenvalue weighted by molar-refractivity contribution is 5.99. The van der Waals surface area contributed by atoms with Gasteiger partial charge in [-0.25, -0.2) is 4.79 Å². The molecule has 0 bridgehead atoms. The smallest absolute Gasteiger partial charge is 0.408 e. The Kier molecular flexibility index (Phi) is 8.90. The van der Waals surface area contributed by atoms with Crippen LogP contribution in [-0.4, -0.2) is 46.1 Å². The fourth-order valence-electron chi connectivity index (χ4n) is 3.77. The minimum Gasteiger partial charge on any atom is -0.508 e. The van der Waals surface area contributed by atoms with Crippen molar-refractivity contribution in [3.05, 3.63) is 58.7 Å². The molecule has 1 unspecified atom stereocenters. The van der Waals surface area contributed by atoms with Crippen LogP contribution in [-0.2, 0) is 14.3 Å². The van der Waals surface area contributed by atoms with E-state index >= 15 is 0 Å². The first-order chi connectivity index (χ1) is 16.2. The number of phenolic OH excluding ortho intramolecular Hbond substituents is 1. The van der Waals surface area contributed by atoms with Gasteiger partial charge in [0.2, 0.25) is 5.91 Å². The largest absolute Gasteiger partial charge is 0.508 e. The first-order valence-corrected chi connectivity index (χ1v) is 11.7. The zero-order valence-electron chi connectivity index (χ0n) is 21.9. The first kappa shape index (κ1) is 27.7. The van der Waals surface area contributed by atoms with Gasteiger partial charge in [0.05, 0.1) is 0 Å². The van der Waals surface area contributed by atoms with Crippen molar-refractivity contribution in [3.63, 3.8) is 0 Å². The van der Waals surface area contributed by atoms with Crippen LogP contribution in [0.25, 0.3) is 0 Å². The highest BCUT2D eigenvalue weighted by Gasteiger charge is 2.34. The normalized spacial score (nSPS) is 12.1. The van der Waals surface area contributed by atoms with Crippen LogP contribution in [0.5, 0.6) is 5.75 Å². The number of hydrogen-bond donors (Lipinski definition) is 3. The van der Waals surface area contributed by atoms with Crippen molar-refractivity contribution in [3.8, 4) is 5.75 Å². The maximum Gasteiger partial charge on any atom is 0.408 e. The van der Waals surface area contributed by atoms with E-state index in [-0.39, 0.29) is 18.3 Å². The maximum atomic E-state index is 13.7. The van der Waals surface area contributed by atoms with Crippen LogP contribution >= 0.6 is 0 Å². The van der Waals surface area contributed by atoms with E-state index < -0.39 is 29.6 Å². The Balaban J connectivity index is 2.43. The molecule has 0 aliphatic rings. The van der Waals surface area contributed by atoms with Gasteiger partial charge < -0.3 is 25.4 Å². The standard InChI is InChI=1S/C27H37N3O5/c1-16(2)30(22(32)15-28-26(34)35-27(6,7)8)24(20-12-13-21(31)19(5)14-20)25(33)29-23-17(3)10-9-11-18(23)4/h9-14,16,24,31H,15H2,1-8H3,(H,28,34)(H,29,33). The third-order valence-electron chi connectivity index (χ3n) is 5.42. The summed E-state index contributed by atoms with van der Waals surface area (Å²) >= 11 is 0. The van der Waals surface area contributed by atoms with Gasteiger partial charge in [-0.05, 0) is 89.8 Å². The molecule has 3 N–H and O–H groups in total. The molecule has 2 rings (SSSR count). The average Bonchev–Trinajstić information content (AvgIpc) is 2.73. The van der Waals surface area contributed by atoms with Crippen molar-refractivity contribution < 1.29 is 24.2 Å². The number of para-hydroxylation sites is 1. The fourth-order valence-corrected chi connectivity index (χ4v) is 3.77. The summed E-state index contributed by atoms with van der Waals surface area (Å²) in [5.74, 6) is -0.748. The zero-order valence-corrected chi connectivity index (χ0v) is 21.9. The first-order valence-electron chi connectivity index (χ1n) is 11.7. The lowest BCUT2D eigenvalue weighted by Crippen LogP contribution is -2.49. The summed E-state index contributed by atoms with van der Waals surface area (Å²) in [6.45, 7) is 14.0. The number of anilines is 1. The second-order valence-corrected chi connectivity index (χ2v) is 9.95. The van der Waals surface area contributed by atoms with Gasteiger partial charge in [0, 0.05) is 11.7 Å². The van der Waals surface area contributed by atoms with E-state index in [4.69, 9.17) is 4.74 Å². The van der Waals surface area contributed by atoms with Gasteiger partial charge in [-0.15, -0.1) is 0 Å². The van der Waals surface area contributed by atoms with Crippen LogP contribution in [0.3, 0.4) is 0 Å². The van der Waals surface area contributed by atoms with Crippen LogP contribution < -0.4 is 10.6 Å². The van der Waals surface area contributed by atoms with Gasteiger partial charge in [-0.3, -0.25) is 9.59 Å². The predicted molar refractivity (Wildman–Crippen MR) is 136 cm³/mol. The molecule has 0 heterocycles. The number of amides is 3. The molecule has 0 aliphatic heterocycles. The Morgan fingerprint density at radius 3 is 2.11 bits per heavy atom. The van der Waals surface area contributed by atoms with Crippen molar-refractivity contribution in [2.45, 2.75) is 73.1 Å². The number of ether oxygens (including phenoxy) is 1. The molecule has 0 aromatic heterocycles. The van der Waals surface area contributed by atoms with Gasteiger partial charge in [-0.1, -0.05) is 24.3 Å². The number of nitrogens with one attached hydrogen (secondary N) is 2. The number of carbonyl (C=O) groups is 3. The molecule has 8 nitrogen and oxygen atoms in total. The van der Waals surface area contributed by atoms with E-state index in [2.05, 4.69) is 10.6 Å². The molecule has 0 saturated carbocycles. The minimum atomic E-state index is -0.999. The van der Waals surface area contributed by atoms with Gasteiger partial charge in [0.25, 0.3) is 5.91 Å². The highest BCUT2D eigenvalue weighted by Crippen LogP contribution is 2.30. The highest BCUT2D eigenvalue weighted by atomic mass is 16.6. The molecule has 3 amide bonds. The zero-order chi connectivity index (χ0) is 26.5. The van der Waals surface area contributed by atoms with E-state index in [1.54, 1.807) is 53.7 Å². The summed E-state index contributed by atoms with van der Waals surface area (Å²) in [5.41, 5.74) is 2.89. The molecular weight excluding hydrogens is 446 g/mol. The quantitative estimate of drug-likeness (QED) is 0.526. The lowest BCUT2D eigenvalue weighted by Gasteiger charge is -2.35. The molecule has 0 saturated heterocycles. The van der Waals surface area contributed by atoms with E-state index in [9.17, 15) is 19.5 Å². The number of benzene rings is 2. The SMILES string of the molecule is Cc1cc(C(C(=O)Nc2c(C)cccc2C)N(C(=O)CNC(=O)OC(C)(C)C)C(C)C)ccc1O. The molecule has 35 heavy (non-hydrogen) atoms. The summed E-state index contributed by atoms with van der Waals surface area (Å²) < 4.78 is 5.23. The van der Waals surface area contributed by atoms with Gasteiger partial charge in [-0.2, -0.15) is 0 Å². The number of aryl methyl sites for hydroxylation is 3. The molecule has 0 spiro atoms. The number of rotatable bonds is 7. The lowest BCUT2D eigenvalue weighted by atomic mass is 9.99. The van der Waals surface area contributed by atoms with Crippen LogP contribution in [0, 0.1) is 20.8 Å². The molecule has 2 aromatic rings. The predicted octanol–water partition coefficient (Wildman–Crippen LogP) is 4.76. The van der Waals surface area contributed by atoms with Gasteiger partial charge >= 0.3 is 6.09 Å². The molecule has 0 aliphatic carbocycles. The van der Waals surface area contributed by atoms with Crippen LogP contribution in [0.4, 0.5) is 10.5 Å². The topological polar surface area (TPSA) is 108 Å². The van der Waals surface area contributed by atoms with E-state index in [0.717, 1.165) is 11.1 Å². The Labute approximate surface area is 207 Å². The summed E-state index contributed by atoms with van der Waals surface area (Å²) in [6.07, 6.45) is -0.716. The second kappa shape index (κ2) is 11.3. The van der Waals surface area contributed by atoms with Gasteiger partial charge in [0.1, 0.15) is 23.9 Å². The van der Waals surface area contributed by atoms with Crippen molar-refractivity contribution in [1.82, 2.24) is 10.2 Å². The lowest BCUT2D eigenvalue weighted by molar-refractivity contribution is -0.140. The molecule has 8 heteroatoms. The number of carbonyl (C=O) groups excluding carboxylic acids is 3. The molecular formula is C27H37N3O5. The Morgan fingerprint density at radius 2 is 1.60 bits per heavy atom. The van der Waals surface area contributed by atoms with Crippen molar-refractivity contribution in [2.75, 3.05) is 11.9 Å².